The molecule has 0 amide bonds. The minimum atomic E-state index is 0.0977. The molecular weight excluding hydrogens is 220 g/mol. The summed E-state index contributed by atoms with van der Waals surface area (Å²) in [6.07, 6.45) is 3.54. The fourth-order valence-electron chi connectivity index (χ4n) is 2.64. The van der Waals surface area contributed by atoms with Crippen LogP contribution in [0.25, 0.3) is 0 Å². The molecule has 102 valence electrons. The van der Waals surface area contributed by atoms with E-state index in [0.29, 0.717) is 12.1 Å². The first-order chi connectivity index (χ1) is 8.61. The van der Waals surface area contributed by atoms with Crippen molar-refractivity contribution >= 4 is 0 Å². The molecule has 0 aliphatic carbocycles. The fraction of sp³-hybridized carbons (Fsp3) is 0.625. The summed E-state index contributed by atoms with van der Waals surface area (Å²) < 4.78 is 0. The fourth-order valence-corrected chi connectivity index (χ4v) is 2.64. The van der Waals surface area contributed by atoms with Gasteiger partial charge in [0, 0.05) is 18.1 Å². The quantitative estimate of drug-likeness (QED) is 0.799. The van der Waals surface area contributed by atoms with Crippen LogP contribution in [0.1, 0.15) is 51.6 Å². The largest absolute Gasteiger partial charge is 0.323 e. The molecule has 3 unspecified atom stereocenters. The maximum Gasteiger partial charge on any atom is 0.0452 e. The van der Waals surface area contributed by atoms with Gasteiger partial charge in [-0.15, -0.1) is 0 Å². The first-order valence-corrected chi connectivity index (χ1v) is 7.14. The number of hydrogen-bond donors (Lipinski definition) is 1. The Labute approximate surface area is 112 Å². The predicted octanol–water partition coefficient (Wildman–Crippen LogP) is 3.59. The molecule has 0 fully saturated rings. The normalized spacial score (nSPS) is 16.6. The van der Waals surface area contributed by atoms with E-state index in [-0.39, 0.29) is 6.04 Å². The van der Waals surface area contributed by atoms with Crippen LogP contribution in [0.2, 0.25) is 0 Å². The lowest BCUT2D eigenvalue weighted by Gasteiger charge is -2.36. The Morgan fingerprint density at radius 1 is 1.17 bits per heavy atom. The van der Waals surface area contributed by atoms with E-state index in [9.17, 15) is 0 Å². The van der Waals surface area contributed by atoms with E-state index in [1.807, 2.05) is 6.07 Å². The van der Waals surface area contributed by atoms with Crippen molar-refractivity contribution in [2.24, 2.45) is 5.73 Å². The summed E-state index contributed by atoms with van der Waals surface area (Å²) in [5.41, 5.74) is 7.68. The van der Waals surface area contributed by atoms with Crippen molar-refractivity contribution in [2.75, 3.05) is 7.05 Å². The third kappa shape index (κ3) is 3.82. The third-order valence-corrected chi connectivity index (χ3v) is 3.94. The molecule has 0 aromatic heterocycles. The summed E-state index contributed by atoms with van der Waals surface area (Å²) in [5, 5.41) is 0. The molecule has 2 heteroatoms. The molecule has 0 saturated carbocycles. The highest BCUT2D eigenvalue weighted by molar-refractivity contribution is 5.20. The minimum absolute atomic E-state index is 0.0977. The van der Waals surface area contributed by atoms with E-state index < -0.39 is 0 Å². The second kappa shape index (κ2) is 7.55. The van der Waals surface area contributed by atoms with Crippen LogP contribution in [0.15, 0.2) is 30.3 Å². The van der Waals surface area contributed by atoms with Gasteiger partial charge in [-0.3, -0.25) is 4.90 Å². The first kappa shape index (κ1) is 15.2. The van der Waals surface area contributed by atoms with Gasteiger partial charge in [-0.05, 0) is 32.4 Å². The maximum atomic E-state index is 6.44. The zero-order chi connectivity index (χ0) is 13.5. The smallest absolute Gasteiger partial charge is 0.0452 e. The van der Waals surface area contributed by atoms with Crippen LogP contribution in [0, 0.1) is 0 Å². The van der Waals surface area contributed by atoms with Gasteiger partial charge in [0.25, 0.3) is 0 Å². The van der Waals surface area contributed by atoms with Gasteiger partial charge in [-0.2, -0.15) is 0 Å². The molecule has 3 atom stereocenters. The van der Waals surface area contributed by atoms with E-state index in [0.717, 1.165) is 6.42 Å². The van der Waals surface area contributed by atoms with Gasteiger partial charge in [-0.25, -0.2) is 0 Å². The Morgan fingerprint density at radius 3 is 2.28 bits per heavy atom. The Morgan fingerprint density at radius 2 is 1.78 bits per heavy atom. The molecule has 0 saturated heterocycles. The van der Waals surface area contributed by atoms with E-state index in [1.54, 1.807) is 0 Å². The molecule has 1 rings (SSSR count). The second-order valence-electron chi connectivity index (χ2n) is 5.22. The number of nitrogens with two attached hydrogens (primary N) is 1. The number of rotatable bonds is 7. The van der Waals surface area contributed by atoms with Gasteiger partial charge in [0.2, 0.25) is 0 Å². The van der Waals surface area contributed by atoms with Crippen molar-refractivity contribution in [3.05, 3.63) is 35.9 Å². The monoisotopic (exact) mass is 248 g/mol. The molecule has 0 aliphatic heterocycles. The summed E-state index contributed by atoms with van der Waals surface area (Å²) in [6, 6.07) is 11.5. The Hall–Kier alpha value is -0.860. The number of hydrogen-bond acceptors (Lipinski definition) is 2. The molecule has 1 aromatic carbocycles. The maximum absolute atomic E-state index is 6.44. The SMILES string of the molecule is CCCC(C)N(C)C(CC)C(N)c1ccccc1. The van der Waals surface area contributed by atoms with E-state index >= 15 is 0 Å². The zero-order valence-corrected chi connectivity index (χ0v) is 12.3. The van der Waals surface area contributed by atoms with Gasteiger partial charge >= 0.3 is 0 Å². The summed E-state index contributed by atoms with van der Waals surface area (Å²) in [5.74, 6) is 0. The summed E-state index contributed by atoms with van der Waals surface area (Å²) >= 11 is 0. The Bertz CT molecular complexity index is 323. The Kier molecular flexibility index (Phi) is 6.37. The number of likely N-dealkylation sites (N-methyl/N-ethyl adjacent to an activating group) is 1. The minimum Gasteiger partial charge on any atom is -0.323 e. The highest BCUT2D eigenvalue weighted by Crippen LogP contribution is 2.22. The van der Waals surface area contributed by atoms with Crippen LogP contribution in [0.3, 0.4) is 0 Å². The van der Waals surface area contributed by atoms with Crippen molar-refractivity contribution in [1.29, 1.82) is 0 Å². The van der Waals surface area contributed by atoms with Crippen molar-refractivity contribution in [3.63, 3.8) is 0 Å². The van der Waals surface area contributed by atoms with Crippen LogP contribution < -0.4 is 5.73 Å². The Balaban J connectivity index is 2.76. The van der Waals surface area contributed by atoms with Crippen LogP contribution in [0.4, 0.5) is 0 Å². The first-order valence-electron chi connectivity index (χ1n) is 7.14. The highest BCUT2D eigenvalue weighted by Gasteiger charge is 2.24. The lowest BCUT2D eigenvalue weighted by atomic mass is 9.95. The van der Waals surface area contributed by atoms with E-state index in [2.05, 4.69) is 57.0 Å². The van der Waals surface area contributed by atoms with Gasteiger partial charge in [-0.1, -0.05) is 50.6 Å². The zero-order valence-electron chi connectivity index (χ0n) is 12.3. The topological polar surface area (TPSA) is 29.3 Å². The molecule has 0 radical (unpaired) electrons. The molecule has 0 spiro atoms. The lowest BCUT2D eigenvalue weighted by Crippen LogP contribution is -2.44. The van der Waals surface area contributed by atoms with Gasteiger partial charge in [0.1, 0.15) is 0 Å². The van der Waals surface area contributed by atoms with Gasteiger partial charge in [0.05, 0.1) is 0 Å². The summed E-state index contributed by atoms with van der Waals surface area (Å²) in [6.45, 7) is 6.76. The number of nitrogens with zero attached hydrogens (tertiary/aromatic N) is 1. The number of benzene rings is 1. The van der Waals surface area contributed by atoms with Crippen molar-refractivity contribution in [3.8, 4) is 0 Å². The predicted molar refractivity (Wildman–Crippen MR) is 79.6 cm³/mol. The average molecular weight is 248 g/mol. The molecule has 2 nitrogen and oxygen atoms in total. The van der Waals surface area contributed by atoms with Crippen molar-refractivity contribution in [1.82, 2.24) is 4.90 Å². The van der Waals surface area contributed by atoms with E-state index in [4.69, 9.17) is 5.73 Å². The standard InChI is InChI=1S/C16H28N2/c1-5-10-13(3)18(4)15(6-2)16(17)14-11-8-7-9-12-14/h7-9,11-13,15-16H,5-6,10,17H2,1-4H3. The van der Waals surface area contributed by atoms with Crippen LogP contribution in [-0.2, 0) is 0 Å². The van der Waals surface area contributed by atoms with Crippen molar-refractivity contribution in [2.45, 2.75) is 58.2 Å². The van der Waals surface area contributed by atoms with Gasteiger partial charge < -0.3 is 5.73 Å². The van der Waals surface area contributed by atoms with Crippen LogP contribution in [-0.4, -0.2) is 24.0 Å². The summed E-state index contributed by atoms with van der Waals surface area (Å²) in [7, 11) is 2.21. The molecule has 18 heavy (non-hydrogen) atoms. The molecule has 0 bridgehead atoms. The molecular formula is C16H28N2. The van der Waals surface area contributed by atoms with E-state index in [1.165, 1.54) is 18.4 Å². The molecule has 0 heterocycles. The third-order valence-electron chi connectivity index (χ3n) is 3.94. The lowest BCUT2D eigenvalue weighted by molar-refractivity contribution is 0.148. The van der Waals surface area contributed by atoms with Gasteiger partial charge in [0.15, 0.2) is 0 Å². The van der Waals surface area contributed by atoms with Crippen LogP contribution >= 0.6 is 0 Å². The van der Waals surface area contributed by atoms with Crippen LogP contribution in [0.5, 0.6) is 0 Å². The summed E-state index contributed by atoms with van der Waals surface area (Å²) in [4.78, 5) is 2.45. The highest BCUT2D eigenvalue weighted by atomic mass is 15.2. The second-order valence-corrected chi connectivity index (χ2v) is 5.22. The molecule has 1 aromatic rings. The molecule has 2 N–H and O–H groups in total. The average Bonchev–Trinajstić information content (AvgIpc) is 2.40. The van der Waals surface area contributed by atoms with Crippen molar-refractivity contribution < 1.29 is 0 Å². The molecule has 0 aliphatic rings.